The van der Waals surface area contributed by atoms with Crippen molar-refractivity contribution in [2.24, 2.45) is 7.05 Å². The van der Waals surface area contributed by atoms with E-state index in [0.717, 1.165) is 12.0 Å². The van der Waals surface area contributed by atoms with Gasteiger partial charge < -0.3 is 16.0 Å². The molecule has 0 bridgehead atoms. The first-order valence-corrected chi connectivity index (χ1v) is 7.15. The number of rotatable bonds is 7. The first-order chi connectivity index (χ1) is 9.88. The van der Waals surface area contributed by atoms with Gasteiger partial charge in [-0.2, -0.15) is 5.10 Å². The molecule has 0 aliphatic heterocycles. The Bertz CT molecular complexity index is 485. The lowest BCUT2D eigenvalue weighted by atomic mass is 10.1. The average Bonchev–Trinajstić information content (AvgIpc) is 2.85. The van der Waals surface area contributed by atoms with Crippen LogP contribution in [0.4, 0.5) is 0 Å². The van der Waals surface area contributed by atoms with Crippen molar-refractivity contribution < 1.29 is 9.59 Å². The molecule has 0 fully saturated rings. The van der Waals surface area contributed by atoms with Crippen molar-refractivity contribution in [1.82, 2.24) is 25.7 Å². The Morgan fingerprint density at radius 3 is 2.43 bits per heavy atom. The Kier molecular flexibility index (Phi) is 6.36. The summed E-state index contributed by atoms with van der Waals surface area (Å²) in [5, 5.41) is 12.5. The first-order valence-electron chi connectivity index (χ1n) is 7.15. The van der Waals surface area contributed by atoms with E-state index in [1.807, 2.05) is 13.8 Å². The standard InChI is InChI=1S/C14H25N5O2/c1-6-9(2)17-13(20)10(3)18-14(21)12(15-4)11-7-16-19(5)8-11/h7-10,12,15H,6H2,1-5H3,(H,17,20)(H,18,21). The summed E-state index contributed by atoms with van der Waals surface area (Å²) >= 11 is 0. The van der Waals surface area contributed by atoms with Crippen LogP contribution in [0.15, 0.2) is 12.4 Å². The largest absolute Gasteiger partial charge is 0.352 e. The van der Waals surface area contributed by atoms with Gasteiger partial charge in [-0.25, -0.2) is 0 Å². The van der Waals surface area contributed by atoms with Crippen molar-refractivity contribution in [3.8, 4) is 0 Å². The van der Waals surface area contributed by atoms with E-state index < -0.39 is 12.1 Å². The quantitative estimate of drug-likeness (QED) is 0.666. The zero-order valence-electron chi connectivity index (χ0n) is 13.3. The van der Waals surface area contributed by atoms with Gasteiger partial charge in [0.25, 0.3) is 0 Å². The van der Waals surface area contributed by atoms with Crippen LogP contribution in [-0.2, 0) is 16.6 Å². The van der Waals surface area contributed by atoms with Crippen molar-refractivity contribution >= 4 is 11.8 Å². The van der Waals surface area contributed by atoms with Crippen molar-refractivity contribution in [2.75, 3.05) is 7.05 Å². The number of nitrogens with zero attached hydrogens (tertiary/aromatic N) is 2. The lowest BCUT2D eigenvalue weighted by Crippen LogP contribution is -2.49. The van der Waals surface area contributed by atoms with Crippen molar-refractivity contribution in [2.45, 2.75) is 45.3 Å². The fourth-order valence-corrected chi connectivity index (χ4v) is 1.87. The minimum absolute atomic E-state index is 0.0928. The van der Waals surface area contributed by atoms with Gasteiger partial charge in [0.1, 0.15) is 12.1 Å². The van der Waals surface area contributed by atoms with Crippen LogP contribution >= 0.6 is 0 Å². The van der Waals surface area contributed by atoms with Crippen molar-refractivity contribution in [3.05, 3.63) is 18.0 Å². The Morgan fingerprint density at radius 1 is 1.29 bits per heavy atom. The Labute approximate surface area is 125 Å². The summed E-state index contributed by atoms with van der Waals surface area (Å²) < 4.78 is 1.63. The molecule has 0 radical (unpaired) electrons. The zero-order valence-corrected chi connectivity index (χ0v) is 13.3. The highest BCUT2D eigenvalue weighted by atomic mass is 16.2. The molecule has 0 spiro atoms. The molecule has 118 valence electrons. The lowest BCUT2D eigenvalue weighted by Gasteiger charge is -2.20. The van der Waals surface area contributed by atoms with Gasteiger partial charge in [0, 0.05) is 24.8 Å². The molecule has 0 aliphatic rings. The number of aryl methyl sites for hydroxylation is 1. The van der Waals surface area contributed by atoms with Crippen molar-refractivity contribution in [3.63, 3.8) is 0 Å². The molecule has 7 heteroatoms. The molecule has 2 amide bonds. The molecule has 3 unspecified atom stereocenters. The van der Waals surface area contributed by atoms with Crippen LogP contribution in [0.1, 0.15) is 38.8 Å². The molecule has 1 aromatic heterocycles. The molecule has 7 nitrogen and oxygen atoms in total. The molecule has 21 heavy (non-hydrogen) atoms. The third-order valence-electron chi connectivity index (χ3n) is 3.36. The SMILES string of the molecule is CCC(C)NC(=O)C(C)NC(=O)C(NC)c1cnn(C)c1. The van der Waals surface area contributed by atoms with Crippen LogP contribution in [0.2, 0.25) is 0 Å². The van der Waals surface area contributed by atoms with Gasteiger partial charge in [-0.05, 0) is 27.3 Å². The maximum Gasteiger partial charge on any atom is 0.242 e. The molecular weight excluding hydrogens is 270 g/mol. The molecule has 0 aliphatic carbocycles. The Hall–Kier alpha value is -1.89. The van der Waals surface area contributed by atoms with E-state index in [-0.39, 0.29) is 17.9 Å². The maximum absolute atomic E-state index is 12.3. The number of carbonyl (C=O) groups is 2. The molecule has 3 N–H and O–H groups in total. The van der Waals surface area contributed by atoms with Gasteiger partial charge in [-0.1, -0.05) is 6.92 Å². The van der Waals surface area contributed by atoms with Crippen LogP contribution in [0, 0.1) is 0 Å². The second kappa shape index (κ2) is 7.78. The van der Waals surface area contributed by atoms with Gasteiger partial charge in [0.2, 0.25) is 11.8 Å². The summed E-state index contributed by atoms with van der Waals surface area (Å²) in [5.74, 6) is -0.434. The van der Waals surface area contributed by atoms with Crippen LogP contribution < -0.4 is 16.0 Å². The smallest absolute Gasteiger partial charge is 0.242 e. The predicted molar refractivity (Wildman–Crippen MR) is 80.5 cm³/mol. The van der Waals surface area contributed by atoms with E-state index >= 15 is 0 Å². The van der Waals surface area contributed by atoms with Crippen LogP contribution in [0.25, 0.3) is 0 Å². The molecule has 3 atom stereocenters. The Morgan fingerprint density at radius 2 is 1.95 bits per heavy atom. The second-order valence-corrected chi connectivity index (χ2v) is 5.22. The summed E-state index contributed by atoms with van der Waals surface area (Å²) in [6.07, 6.45) is 4.25. The third-order valence-corrected chi connectivity index (χ3v) is 3.36. The summed E-state index contributed by atoms with van der Waals surface area (Å²) in [5.41, 5.74) is 0.757. The van der Waals surface area contributed by atoms with E-state index in [9.17, 15) is 9.59 Å². The molecule has 1 heterocycles. The topological polar surface area (TPSA) is 88.1 Å². The highest BCUT2D eigenvalue weighted by Gasteiger charge is 2.24. The number of nitrogens with one attached hydrogen (secondary N) is 3. The molecule has 0 saturated carbocycles. The maximum atomic E-state index is 12.3. The molecule has 1 aromatic rings. The van der Waals surface area contributed by atoms with Gasteiger partial charge in [0.15, 0.2) is 0 Å². The van der Waals surface area contributed by atoms with E-state index in [1.54, 1.807) is 38.1 Å². The number of amides is 2. The van der Waals surface area contributed by atoms with Crippen LogP contribution in [0.5, 0.6) is 0 Å². The fourth-order valence-electron chi connectivity index (χ4n) is 1.87. The molecular formula is C14H25N5O2. The number of likely N-dealkylation sites (N-methyl/N-ethyl adjacent to an activating group) is 1. The van der Waals surface area contributed by atoms with Gasteiger partial charge >= 0.3 is 0 Å². The van der Waals surface area contributed by atoms with E-state index in [0.29, 0.717) is 0 Å². The summed E-state index contributed by atoms with van der Waals surface area (Å²) in [6.45, 7) is 5.59. The number of aromatic nitrogens is 2. The highest BCUT2D eigenvalue weighted by molar-refractivity contribution is 5.90. The Balaban J connectivity index is 2.63. The summed E-state index contributed by atoms with van der Waals surface area (Å²) in [7, 11) is 3.48. The minimum atomic E-state index is -0.584. The molecule has 1 rings (SSSR count). The lowest BCUT2D eigenvalue weighted by molar-refractivity contribution is -0.130. The van der Waals surface area contributed by atoms with E-state index in [1.165, 1.54) is 0 Å². The first kappa shape index (κ1) is 17.2. The van der Waals surface area contributed by atoms with Crippen LogP contribution in [0.3, 0.4) is 0 Å². The number of carbonyl (C=O) groups excluding carboxylic acids is 2. The van der Waals surface area contributed by atoms with E-state index in [4.69, 9.17) is 0 Å². The predicted octanol–water partition coefficient (Wildman–Crippen LogP) is 0.100. The van der Waals surface area contributed by atoms with Gasteiger partial charge in [0.05, 0.1) is 6.20 Å². The molecule has 0 saturated heterocycles. The summed E-state index contributed by atoms with van der Waals surface area (Å²) in [6, 6.07) is -1.02. The third kappa shape index (κ3) is 4.86. The van der Waals surface area contributed by atoms with Gasteiger partial charge in [-0.3, -0.25) is 14.3 Å². The number of hydrogen-bond donors (Lipinski definition) is 3. The van der Waals surface area contributed by atoms with Gasteiger partial charge in [-0.15, -0.1) is 0 Å². The summed E-state index contributed by atoms with van der Waals surface area (Å²) in [4.78, 5) is 24.2. The van der Waals surface area contributed by atoms with Crippen LogP contribution in [-0.4, -0.2) is 40.7 Å². The van der Waals surface area contributed by atoms with Crippen molar-refractivity contribution in [1.29, 1.82) is 0 Å². The fraction of sp³-hybridized carbons (Fsp3) is 0.643. The minimum Gasteiger partial charge on any atom is -0.352 e. The normalized spacial score (nSPS) is 15.1. The highest BCUT2D eigenvalue weighted by Crippen LogP contribution is 2.11. The zero-order chi connectivity index (χ0) is 16.0. The number of hydrogen-bond acceptors (Lipinski definition) is 4. The monoisotopic (exact) mass is 295 g/mol. The molecule has 0 aromatic carbocycles. The second-order valence-electron chi connectivity index (χ2n) is 5.22. The van der Waals surface area contributed by atoms with E-state index in [2.05, 4.69) is 21.0 Å². The average molecular weight is 295 g/mol.